The van der Waals surface area contributed by atoms with Crippen molar-refractivity contribution in [1.82, 2.24) is 4.98 Å². The topological polar surface area (TPSA) is 85.7 Å². The molecule has 33 heavy (non-hydrogen) atoms. The lowest BCUT2D eigenvalue weighted by molar-refractivity contribution is -0.146. The van der Waals surface area contributed by atoms with Crippen LogP contribution in [0.5, 0.6) is 5.75 Å². The Morgan fingerprint density at radius 2 is 1.85 bits per heavy atom. The molecule has 3 rings (SSSR count). The Bertz CT molecular complexity index is 1080. The van der Waals surface area contributed by atoms with Gasteiger partial charge in [0.1, 0.15) is 12.4 Å². The van der Waals surface area contributed by atoms with E-state index < -0.39 is 5.97 Å². The number of aliphatic hydroxyl groups is 1. The quantitative estimate of drug-likeness (QED) is 0.231. The standard InChI is InChI=1S/C27H31NO5/c1-2-3-4-5-8-21-15-22-10-7-12-24(27(22)28-18-21)25(30)17-20-9-6-11-23(16-20)33-19-26(31)32-14-13-29/h6-7,9-12,15-16,18,29H,2-5,8,13-14,17,19H2,1H3. The summed E-state index contributed by atoms with van der Waals surface area (Å²) in [6.07, 6.45) is 7.92. The Balaban J connectivity index is 1.66. The lowest BCUT2D eigenvalue weighted by atomic mass is 9.99. The second kappa shape index (κ2) is 12.7. The van der Waals surface area contributed by atoms with Crippen LogP contribution < -0.4 is 4.74 Å². The molecule has 0 bridgehead atoms. The number of benzene rings is 2. The number of aryl methyl sites for hydroxylation is 1. The fourth-order valence-electron chi connectivity index (χ4n) is 3.69. The first-order valence-electron chi connectivity index (χ1n) is 11.5. The summed E-state index contributed by atoms with van der Waals surface area (Å²) in [5, 5.41) is 9.67. The maximum atomic E-state index is 13.1. The summed E-state index contributed by atoms with van der Waals surface area (Å²) in [5.74, 6) is -0.106. The maximum absolute atomic E-state index is 13.1. The van der Waals surface area contributed by atoms with Gasteiger partial charge in [-0.1, -0.05) is 50.5 Å². The molecular formula is C27H31NO5. The normalized spacial score (nSPS) is 10.8. The first-order chi connectivity index (χ1) is 16.1. The number of carbonyl (C=O) groups is 2. The molecule has 0 fully saturated rings. The number of pyridine rings is 1. The number of unbranched alkanes of at least 4 members (excludes halogenated alkanes) is 3. The molecule has 6 nitrogen and oxygen atoms in total. The molecule has 0 saturated heterocycles. The van der Waals surface area contributed by atoms with Gasteiger partial charge in [0.2, 0.25) is 0 Å². The van der Waals surface area contributed by atoms with Crippen LogP contribution >= 0.6 is 0 Å². The lowest BCUT2D eigenvalue weighted by Gasteiger charge is -2.09. The Morgan fingerprint density at radius 3 is 2.67 bits per heavy atom. The van der Waals surface area contributed by atoms with Gasteiger partial charge in [-0.25, -0.2) is 4.79 Å². The molecule has 6 heteroatoms. The zero-order valence-electron chi connectivity index (χ0n) is 19.1. The summed E-state index contributed by atoms with van der Waals surface area (Å²) in [6.45, 7) is 1.66. The minimum atomic E-state index is -0.558. The number of esters is 1. The van der Waals surface area contributed by atoms with Crippen LogP contribution in [0, 0.1) is 0 Å². The van der Waals surface area contributed by atoms with E-state index in [2.05, 4.69) is 18.0 Å². The number of ketones is 1. The lowest BCUT2D eigenvalue weighted by Crippen LogP contribution is -2.16. The smallest absolute Gasteiger partial charge is 0.344 e. The molecule has 1 heterocycles. The Labute approximate surface area is 194 Å². The van der Waals surface area contributed by atoms with Crippen molar-refractivity contribution in [3.8, 4) is 5.75 Å². The van der Waals surface area contributed by atoms with Crippen LogP contribution in [-0.4, -0.2) is 41.7 Å². The average Bonchev–Trinajstić information content (AvgIpc) is 2.83. The summed E-state index contributed by atoms with van der Waals surface area (Å²) in [7, 11) is 0. The van der Waals surface area contributed by atoms with Crippen LogP contribution in [0.15, 0.2) is 54.7 Å². The van der Waals surface area contributed by atoms with Crippen LogP contribution in [0.4, 0.5) is 0 Å². The number of nitrogens with zero attached hydrogens (tertiary/aromatic N) is 1. The monoisotopic (exact) mass is 449 g/mol. The van der Waals surface area contributed by atoms with Crippen LogP contribution in [-0.2, 0) is 22.4 Å². The summed E-state index contributed by atoms with van der Waals surface area (Å²) in [5.41, 5.74) is 3.30. The van der Waals surface area contributed by atoms with Gasteiger partial charge >= 0.3 is 5.97 Å². The van der Waals surface area contributed by atoms with Crippen molar-refractivity contribution in [1.29, 1.82) is 0 Å². The van der Waals surface area contributed by atoms with E-state index in [9.17, 15) is 9.59 Å². The Hall–Kier alpha value is -3.25. The number of aliphatic hydroxyl groups excluding tert-OH is 1. The first-order valence-corrected chi connectivity index (χ1v) is 11.5. The molecule has 0 atom stereocenters. The van der Waals surface area contributed by atoms with Crippen LogP contribution in [0.2, 0.25) is 0 Å². The predicted molar refractivity (Wildman–Crippen MR) is 128 cm³/mol. The summed E-state index contributed by atoms with van der Waals surface area (Å²) in [4.78, 5) is 29.2. The number of para-hydroxylation sites is 1. The van der Waals surface area contributed by atoms with E-state index in [1.165, 1.54) is 24.8 Å². The zero-order valence-corrected chi connectivity index (χ0v) is 19.1. The fraction of sp³-hybridized carbons (Fsp3) is 0.370. The van der Waals surface area contributed by atoms with Gasteiger partial charge in [0.25, 0.3) is 0 Å². The Kier molecular flexibility index (Phi) is 9.39. The molecule has 0 saturated carbocycles. The van der Waals surface area contributed by atoms with E-state index in [1.54, 1.807) is 18.2 Å². The van der Waals surface area contributed by atoms with E-state index in [1.807, 2.05) is 30.5 Å². The van der Waals surface area contributed by atoms with E-state index >= 15 is 0 Å². The van der Waals surface area contributed by atoms with Gasteiger partial charge in [0.05, 0.1) is 12.1 Å². The van der Waals surface area contributed by atoms with Crippen molar-refractivity contribution >= 4 is 22.7 Å². The van der Waals surface area contributed by atoms with E-state index in [-0.39, 0.29) is 32.0 Å². The van der Waals surface area contributed by atoms with E-state index in [4.69, 9.17) is 14.6 Å². The van der Waals surface area contributed by atoms with Crippen molar-refractivity contribution in [2.24, 2.45) is 0 Å². The number of Topliss-reactive ketones (excluding diaryl/α,β-unsaturated/α-hetero) is 1. The zero-order chi connectivity index (χ0) is 23.5. The van der Waals surface area contributed by atoms with Gasteiger partial charge < -0.3 is 14.6 Å². The second-order valence-corrected chi connectivity index (χ2v) is 8.01. The number of rotatable bonds is 13. The minimum absolute atomic E-state index is 0.0247. The van der Waals surface area contributed by atoms with Crippen LogP contribution in [0.3, 0.4) is 0 Å². The number of aromatic nitrogens is 1. The average molecular weight is 450 g/mol. The van der Waals surface area contributed by atoms with Crippen molar-refractivity contribution in [3.05, 3.63) is 71.4 Å². The molecule has 174 valence electrons. The van der Waals surface area contributed by atoms with Gasteiger partial charge in [-0.2, -0.15) is 0 Å². The highest BCUT2D eigenvalue weighted by atomic mass is 16.6. The van der Waals surface area contributed by atoms with Gasteiger partial charge in [-0.05, 0) is 48.2 Å². The van der Waals surface area contributed by atoms with Gasteiger partial charge in [0.15, 0.2) is 12.4 Å². The predicted octanol–water partition coefficient (Wildman–Crippen LogP) is 4.70. The SMILES string of the molecule is CCCCCCc1cnc2c(C(=O)Cc3cccc(OCC(=O)OCCO)c3)cccc2c1. The van der Waals surface area contributed by atoms with E-state index in [0.29, 0.717) is 11.3 Å². The highest BCUT2D eigenvalue weighted by Gasteiger charge is 2.13. The fourth-order valence-corrected chi connectivity index (χ4v) is 3.69. The van der Waals surface area contributed by atoms with Crippen molar-refractivity contribution < 1.29 is 24.2 Å². The van der Waals surface area contributed by atoms with Gasteiger partial charge in [-0.15, -0.1) is 0 Å². The third-order valence-corrected chi connectivity index (χ3v) is 5.36. The van der Waals surface area contributed by atoms with Crippen LogP contribution in [0.1, 0.15) is 54.1 Å². The minimum Gasteiger partial charge on any atom is -0.482 e. The summed E-state index contributed by atoms with van der Waals surface area (Å²) in [6, 6.07) is 14.9. The molecule has 0 aliphatic heterocycles. The van der Waals surface area contributed by atoms with Crippen LogP contribution in [0.25, 0.3) is 10.9 Å². The summed E-state index contributed by atoms with van der Waals surface area (Å²) < 4.78 is 10.2. The first kappa shape index (κ1) is 24.4. The molecule has 0 spiro atoms. The second-order valence-electron chi connectivity index (χ2n) is 8.01. The van der Waals surface area contributed by atoms with Gasteiger partial charge in [-0.3, -0.25) is 9.78 Å². The highest BCUT2D eigenvalue weighted by molar-refractivity contribution is 6.07. The van der Waals surface area contributed by atoms with Crippen molar-refractivity contribution in [2.75, 3.05) is 19.8 Å². The number of fused-ring (bicyclic) bond motifs is 1. The largest absolute Gasteiger partial charge is 0.482 e. The highest BCUT2D eigenvalue weighted by Crippen LogP contribution is 2.22. The molecule has 0 amide bonds. The third-order valence-electron chi connectivity index (χ3n) is 5.36. The molecule has 2 aromatic carbocycles. The number of carbonyl (C=O) groups excluding carboxylic acids is 2. The molecule has 1 N–H and O–H groups in total. The molecule has 0 aliphatic carbocycles. The molecule has 0 unspecified atom stereocenters. The number of hydrogen-bond acceptors (Lipinski definition) is 6. The Morgan fingerprint density at radius 1 is 1.00 bits per heavy atom. The van der Waals surface area contributed by atoms with E-state index in [0.717, 1.165) is 29.3 Å². The van der Waals surface area contributed by atoms with Crippen molar-refractivity contribution in [2.45, 2.75) is 45.4 Å². The van der Waals surface area contributed by atoms with Crippen molar-refractivity contribution in [3.63, 3.8) is 0 Å². The third kappa shape index (κ3) is 7.39. The molecule has 0 radical (unpaired) electrons. The molecule has 1 aromatic heterocycles. The molecular weight excluding hydrogens is 418 g/mol. The summed E-state index contributed by atoms with van der Waals surface area (Å²) >= 11 is 0. The molecule has 3 aromatic rings. The van der Waals surface area contributed by atoms with Gasteiger partial charge in [0, 0.05) is 23.6 Å². The number of hydrogen-bond donors (Lipinski definition) is 1. The number of ether oxygens (including phenoxy) is 2. The molecule has 0 aliphatic rings. The maximum Gasteiger partial charge on any atom is 0.344 e.